The van der Waals surface area contributed by atoms with Gasteiger partial charge < -0.3 is 19.2 Å². The van der Waals surface area contributed by atoms with Crippen LogP contribution in [-0.4, -0.2) is 30.1 Å². The quantitative estimate of drug-likeness (QED) is 0.367. The fraction of sp³-hybridized carbons (Fsp3) is 0.294. The van der Waals surface area contributed by atoms with Gasteiger partial charge in [-0.25, -0.2) is 4.39 Å². The lowest BCUT2D eigenvalue weighted by Crippen LogP contribution is -2.38. The van der Waals surface area contributed by atoms with Crippen LogP contribution in [-0.2, 0) is 13.1 Å². The van der Waals surface area contributed by atoms with Crippen molar-refractivity contribution in [1.82, 2.24) is 15.4 Å². The van der Waals surface area contributed by atoms with E-state index in [-0.39, 0.29) is 29.8 Å². The van der Waals surface area contributed by atoms with Crippen molar-refractivity contribution < 1.29 is 13.3 Å². The second-order valence-electron chi connectivity index (χ2n) is 5.54. The zero-order chi connectivity index (χ0) is 17.1. The molecule has 1 aromatic carbocycles. The zero-order valence-corrected chi connectivity index (χ0v) is 16.6. The normalized spacial score (nSPS) is 11.4. The van der Waals surface area contributed by atoms with E-state index in [1.807, 2.05) is 24.9 Å². The predicted molar refractivity (Wildman–Crippen MR) is 104 cm³/mol. The van der Waals surface area contributed by atoms with Crippen LogP contribution in [0.25, 0.3) is 11.0 Å². The fourth-order valence-electron chi connectivity index (χ4n) is 2.59. The summed E-state index contributed by atoms with van der Waals surface area (Å²) in [6, 6.07) is 6.34. The van der Waals surface area contributed by atoms with E-state index < -0.39 is 0 Å². The summed E-state index contributed by atoms with van der Waals surface area (Å²) in [4.78, 5) is 6.18. The molecule has 0 unspecified atom stereocenters. The van der Waals surface area contributed by atoms with Crippen LogP contribution in [0.2, 0.25) is 0 Å². The maximum Gasteiger partial charge on any atom is 0.194 e. The average molecular weight is 458 g/mol. The van der Waals surface area contributed by atoms with Gasteiger partial charge in [0.25, 0.3) is 0 Å². The standard InChI is InChI=1S/C17H19FN4O2.HI/c1-11-14-8-12(18)4-5-15(14)24-16(11)9-20-17(19-2)22(3)10-13-6-7-23-21-13;/h4-8H,9-10H2,1-3H3,(H,19,20);1H. The smallest absolute Gasteiger partial charge is 0.194 e. The third-order valence-electron chi connectivity index (χ3n) is 3.87. The van der Waals surface area contributed by atoms with Crippen LogP contribution < -0.4 is 5.32 Å². The Morgan fingerprint density at radius 2 is 2.16 bits per heavy atom. The first-order chi connectivity index (χ1) is 11.6. The third-order valence-corrected chi connectivity index (χ3v) is 3.87. The third kappa shape index (κ3) is 4.30. The van der Waals surface area contributed by atoms with Gasteiger partial charge in [-0.2, -0.15) is 0 Å². The van der Waals surface area contributed by atoms with Gasteiger partial charge in [-0.15, -0.1) is 24.0 Å². The summed E-state index contributed by atoms with van der Waals surface area (Å²) in [6.45, 7) is 2.95. The number of furan rings is 1. The van der Waals surface area contributed by atoms with E-state index in [1.54, 1.807) is 13.1 Å². The number of aromatic nitrogens is 1. The molecule has 6 nitrogen and oxygen atoms in total. The minimum absolute atomic E-state index is 0. The summed E-state index contributed by atoms with van der Waals surface area (Å²) >= 11 is 0. The molecule has 0 radical (unpaired) electrons. The van der Waals surface area contributed by atoms with Crippen LogP contribution in [0.4, 0.5) is 4.39 Å². The molecule has 0 amide bonds. The van der Waals surface area contributed by atoms with Crippen LogP contribution in [0.1, 0.15) is 17.0 Å². The number of rotatable bonds is 4. The second kappa shape index (κ2) is 8.32. The monoisotopic (exact) mass is 458 g/mol. The summed E-state index contributed by atoms with van der Waals surface area (Å²) in [6.07, 6.45) is 1.54. The second-order valence-corrected chi connectivity index (χ2v) is 5.54. The lowest BCUT2D eigenvalue weighted by Gasteiger charge is -2.20. The van der Waals surface area contributed by atoms with Gasteiger partial charge >= 0.3 is 0 Å². The number of aryl methyl sites for hydroxylation is 1. The Hall–Kier alpha value is -2.10. The molecule has 0 atom stereocenters. The van der Waals surface area contributed by atoms with E-state index in [4.69, 9.17) is 8.94 Å². The molecule has 0 aliphatic carbocycles. The summed E-state index contributed by atoms with van der Waals surface area (Å²) in [7, 11) is 3.62. The van der Waals surface area contributed by atoms with Crippen molar-refractivity contribution in [2.24, 2.45) is 4.99 Å². The van der Waals surface area contributed by atoms with Gasteiger partial charge in [0.2, 0.25) is 0 Å². The number of benzene rings is 1. The molecule has 25 heavy (non-hydrogen) atoms. The molecule has 0 aliphatic heterocycles. The van der Waals surface area contributed by atoms with E-state index in [9.17, 15) is 4.39 Å². The van der Waals surface area contributed by atoms with Crippen molar-refractivity contribution in [2.75, 3.05) is 14.1 Å². The summed E-state index contributed by atoms with van der Waals surface area (Å²) in [5, 5.41) is 7.92. The number of hydrogen-bond donors (Lipinski definition) is 1. The molecule has 1 N–H and O–H groups in total. The highest BCUT2D eigenvalue weighted by Crippen LogP contribution is 2.25. The number of aliphatic imine (C=N–C) groups is 1. The maximum absolute atomic E-state index is 13.4. The molecule has 8 heteroatoms. The van der Waals surface area contributed by atoms with Gasteiger partial charge in [0, 0.05) is 31.1 Å². The summed E-state index contributed by atoms with van der Waals surface area (Å²) in [5.74, 6) is 1.18. The Morgan fingerprint density at radius 3 is 2.84 bits per heavy atom. The molecule has 0 aliphatic rings. The van der Waals surface area contributed by atoms with Gasteiger partial charge in [-0.05, 0) is 25.1 Å². The molecule has 0 spiro atoms. The van der Waals surface area contributed by atoms with Crippen LogP contribution in [0.3, 0.4) is 0 Å². The molecule has 2 heterocycles. The van der Waals surface area contributed by atoms with Crippen molar-refractivity contribution in [1.29, 1.82) is 0 Å². The first-order valence-corrected chi connectivity index (χ1v) is 7.57. The van der Waals surface area contributed by atoms with Crippen LogP contribution in [0.15, 0.2) is 44.5 Å². The maximum atomic E-state index is 13.4. The summed E-state index contributed by atoms with van der Waals surface area (Å²) < 4.78 is 24.0. The van der Waals surface area contributed by atoms with Gasteiger partial charge in [0.05, 0.1) is 13.1 Å². The predicted octanol–water partition coefficient (Wildman–Crippen LogP) is 3.69. The Labute approximate surface area is 162 Å². The molecule has 3 aromatic rings. The van der Waals surface area contributed by atoms with E-state index >= 15 is 0 Å². The largest absolute Gasteiger partial charge is 0.459 e. The van der Waals surface area contributed by atoms with Crippen LogP contribution in [0.5, 0.6) is 0 Å². The number of guanidine groups is 1. The number of halogens is 2. The SMILES string of the molecule is CN=C(NCc1oc2ccc(F)cc2c1C)N(C)Cc1ccon1.I. The van der Waals surface area contributed by atoms with Crippen LogP contribution in [0, 0.1) is 12.7 Å². The van der Waals surface area contributed by atoms with Gasteiger partial charge in [0.15, 0.2) is 5.96 Å². The molecule has 0 fully saturated rings. The van der Waals surface area contributed by atoms with E-state index in [0.29, 0.717) is 24.6 Å². The topological polar surface area (TPSA) is 66.8 Å². The van der Waals surface area contributed by atoms with E-state index in [1.165, 1.54) is 18.4 Å². The van der Waals surface area contributed by atoms with Crippen molar-refractivity contribution in [3.05, 3.63) is 53.4 Å². The Morgan fingerprint density at radius 1 is 1.36 bits per heavy atom. The Kier molecular flexibility index (Phi) is 6.40. The highest BCUT2D eigenvalue weighted by Gasteiger charge is 2.13. The van der Waals surface area contributed by atoms with Crippen molar-refractivity contribution >= 4 is 40.9 Å². The fourth-order valence-corrected chi connectivity index (χ4v) is 2.59. The van der Waals surface area contributed by atoms with Crippen molar-refractivity contribution in [2.45, 2.75) is 20.0 Å². The number of hydrogen-bond acceptors (Lipinski definition) is 4. The molecule has 0 bridgehead atoms. The molecule has 0 saturated carbocycles. The van der Waals surface area contributed by atoms with Gasteiger partial charge in [-0.3, -0.25) is 4.99 Å². The average Bonchev–Trinajstić information content (AvgIpc) is 3.17. The first kappa shape index (κ1) is 19.2. The molecule has 3 rings (SSSR count). The number of nitrogens with zero attached hydrogens (tertiary/aromatic N) is 3. The molecular weight excluding hydrogens is 438 g/mol. The van der Waals surface area contributed by atoms with Crippen molar-refractivity contribution in [3.63, 3.8) is 0 Å². The molecule has 2 aromatic heterocycles. The Bertz CT molecular complexity index is 861. The van der Waals surface area contributed by atoms with Gasteiger partial charge in [0.1, 0.15) is 29.1 Å². The summed E-state index contributed by atoms with van der Waals surface area (Å²) in [5.41, 5.74) is 2.42. The molecule has 134 valence electrons. The lowest BCUT2D eigenvalue weighted by molar-refractivity contribution is 0.390. The highest BCUT2D eigenvalue weighted by molar-refractivity contribution is 14.0. The van der Waals surface area contributed by atoms with Crippen LogP contribution >= 0.6 is 24.0 Å². The minimum Gasteiger partial charge on any atom is -0.459 e. The molecule has 0 saturated heterocycles. The van der Waals surface area contributed by atoms with E-state index in [0.717, 1.165) is 22.4 Å². The molecular formula is C17H20FIN4O2. The van der Waals surface area contributed by atoms with Gasteiger partial charge in [-0.1, -0.05) is 5.16 Å². The number of nitrogens with one attached hydrogen (secondary N) is 1. The Balaban J connectivity index is 0.00000225. The highest BCUT2D eigenvalue weighted by atomic mass is 127. The zero-order valence-electron chi connectivity index (χ0n) is 14.2. The number of fused-ring (bicyclic) bond motifs is 1. The first-order valence-electron chi connectivity index (χ1n) is 7.57. The minimum atomic E-state index is -0.269. The van der Waals surface area contributed by atoms with Crippen molar-refractivity contribution in [3.8, 4) is 0 Å². The van der Waals surface area contributed by atoms with E-state index in [2.05, 4.69) is 15.5 Å². The lowest BCUT2D eigenvalue weighted by atomic mass is 10.1.